The molecule has 5 nitrogen and oxygen atoms in total. The lowest BCUT2D eigenvalue weighted by Crippen LogP contribution is -2.27. The molecule has 3 rings (SSSR count). The Labute approximate surface area is 173 Å². The molecule has 154 valence electrons. The van der Waals surface area contributed by atoms with Crippen molar-refractivity contribution < 1.29 is 14.3 Å². The van der Waals surface area contributed by atoms with Gasteiger partial charge in [0.05, 0.1) is 13.2 Å². The maximum absolute atomic E-state index is 12.8. The predicted molar refractivity (Wildman–Crippen MR) is 116 cm³/mol. The molecule has 0 aliphatic carbocycles. The molecule has 1 N–H and O–H groups in total. The first-order valence-corrected chi connectivity index (χ1v) is 10.2. The summed E-state index contributed by atoms with van der Waals surface area (Å²) in [7, 11) is 1.69. The molecule has 2 aromatic rings. The minimum Gasteiger partial charge on any atom is -0.496 e. The number of amides is 2. The van der Waals surface area contributed by atoms with Gasteiger partial charge in [-0.1, -0.05) is 13.8 Å². The zero-order chi connectivity index (χ0) is 21.1. The third-order valence-electron chi connectivity index (χ3n) is 5.57. The SMILES string of the molecule is COc1cc(C)c([C@H](C)NC(=O)c2ccc(N3CCCC3=O)cc2)cc1C(C)C. The van der Waals surface area contributed by atoms with Gasteiger partial charge in [-0.3, -0.25) is 9.59 Å². The van der Waals surface area contributed by atoms with Crippen molar-refractivity contribution in [3.63, 3.8) is 0 Å². The lowest BCUT2D eigenvalue weighted by Gasteiger charge is -2.21. The largest absolute Gasteiger partial charge is 0.496 e. The maximum Gasteiger partial charge on any atom is 0.251 e. The van der Waals surface area contributed by atoms with Crippen molar-refractivity contribution in [3.05, 3.63) is 58.7 Å². The molecule has 1 aliphatic rings. The molecule has 1 atom stereocenters. The highest BCUT2D eigenvalue weighted by Crippen LogP contribution is 2.32. The minimum absolute atomic E-state index is 0.127. The van der Waals surface area contributed by atoms with Crippen molar-refractivity contribution >= 4 is 17.5 Å². The molecule has 0 radical (unpaired) electrons. The molecule has 1 heterocycles. The van der Waals surface area contributed by atoms with Gasteiger partial charge in [0.25, 0.3) is 5.91 Å². The van der Waals surface area contributed by atoms with E-state index in [-0.39, 0.29) is 17.9 Å². The zero-order valence-electron chi connectivity index (χ0n) is 17.9. The van der Waals surface area contributed by atoms with E-state index in [9.17, 15) is 9.59 Å². The monoisotopic (exact) mass is 394 g/mol. The van der Waals surface area contributed by atoms with Gasteiger partial charge in [-0.25, -0.2) is 0 Å². The van der Waals surface area contributed by atoms with Gasteiger partial charge in [0.1, 0.15) is 5.75 Å². The van der Waals surface area contributed by atoms with E-state index in [2.05, 4.69) is 25.2 Å². The average Bonchev–Trinajstić information content (AvgIpc) is 3.13. The molecule has 1 fully saturated rings. The fourth-order valence-electron chi connectivity index (χ4n) is 3.88. The van der Waals surface area contributed by atoms with Gasteiger partial charge in [0, 0.05) is 24.2 Å². The molecule has 5 heteroatoms. The van der Waals surface area contributed by atoms with Gasteiger partial charge in [0.15, 0.2) is 0 Å². The molecule has 1 aliphatic heterocycles. The van der Waals surface area contributed by atoms with E-state index < -0.39 is 0 Å². The summed E-state index contributed by atoms with van der Waals surface area (Å²) >= 11 is 0. The van der Waals surface area contributed by atoms with Gasteiger partial charge in [-0.2, -0.15) is 0 Å². The summed E-state index contributed by atoms with van der Waals surface area (Å²) in [6, 6.07) is 11.3. The molecule has 0 saturated carbocycles. The Morgan fingerprint density at radius 3 is 2.34 bits per heavy atom. The summed E-state index contributed by atoms with van der Waals surface area (Å²) in [5, 5.41) is 3.09. The molecule has 2 amide bonds. The summed E-state index contributed by atoms with van der Waals surface area (Å²) in [6.45, 7) is 9.04. The molecular weight excluding hydrogens is 364 g/mol. The highest BCUT2D eigenvalue weighted by molar-refractivity contribution is 5.97. The third kappa shape index (κ3) is 4.44. The minimum atomic E-state index is -0.134. The van der Waals surface area contributed by atoms with Crippen molar-refractivity contribution in [1.29, 1.82) is 0 Å². The first kappa shape index (κ1) is 20.9. The summed E-state index contributed by atoms with van der Waals surface area (Å²) in [6.07, 6.45) is 1.48. The normalized spacial score (nSPS) is 15.0. The second-order valence-corrected chi connectivity index (χ2v) is 8.00. The number of carbonyl (C=O) groups is 2. The van der Waals surface area contributed by atoms with E-state index in [1.165, 1.54) is 0 Å². The maximum atomic E-state index is 12.8. The fourth-order valence-corrected chi connectivity index (χ4v) is 3.88. The Morgan fingerprint density at radius 1 is 1.10 bits per heavy atom. The van der Waals surface area contributed by atoms with Crippen molar-refractivity contribution in [2.24, 2.45) is 0 Å². The number of rotatable bonds is 6. The van der Waals surface area contributed by atoms with Crippen LogP contribution in [-0.4, -0.2) is 25.5 Å². The molecule has 0 spiro atoms. The molecule has 0 unspecified atom stereocenters. The van der Waals surface area contributed by atoms with Crippen LogP contribution in [0.2, 0.25) is 0 Å². The topological polar surface area (TPSA) is 58.6 Å². The summed E-state index contributed by atoms with van der Waals surface area (Å²) in [5.74, 6) is 1.23. The Bertz CT molecular complexity index is 903. The summed E-state index contributed by atoms with van der Waals surface area (Å²) in [4.78, 5) is 26.4. The van der Waals surface area contributed by atoms with Gasteiger partial charge < -0.3 is 15.0 Å². The molecule has 0 bridgehead atoms. The van der Waals surface area contributed by atoms with Gasteiger partial charge in [0.2, 0.25) is 5.91 Å². The molecular formula is C24H30N2O3. The Morgan fingerprint density at radius 2 is 1.79 bits per heavy atom. The van der Waals surface area contributed by atoms with Gasteiger partial charge >= 0.3 is 0 Å². The van der Waals surface area contributed by atoms with E-state index in [0.717, 1.165) is 41.1 Å². The summed E-state index contributed by atoms with van der Waals surface area (Å²) in [5.41, 5.74) is 4.74. The standard InChI is InChI=1S/C24H30N2O3/c1-15(2)20-14-21(16(3)13-22(20)29-5)17(4)25-24(28)18-8-10-19(11-9-18)26-12-6-7-23(26)27/h8-11,13-15,17H,6-7,12H2,1-5H3,(H,25,28)/t17-/m0/s1. The first-order valence-electron chi connectivity index (χ1n) is 10.2. The zero-order valence-corrected chi connectivity index (χ0v) is 17.9. The lowest BCUT2D eigenvalue weighted by atomic mass is 9.93. The van der Waals surface area contributed by atoms with Crippen LogP contribution in [0.1, 0.15) is 72.6 Å². The van der Waals surface area contributed by atoms with Gasteiger partial charge in [-0.15, -0.1) is 0 Å². The average molecular weight is 395 g/mol. The van der Waals surface area contributed by atoms with E-state index >= 15 is 0 Å². The van der Waals surface area contributed by atoms with Crippen molar-refractivity contribution in [3.8, 4) is 5.75 Å². The Balaban J connectivity index is 1.75. The lowest BCUT2D eigenvalue weighted by molar-refractivity contribution is -0.117. The van der Waals surface area contributed by atoms with Crippen LogP contribution in [-0.2, 0) is 4.79 Å². The number of hydrogen-bond acceptors (Lipinski definition) is 3. The number of hydrogen-bond donors (Lipinski definition) is 1. The first-order chi connectivity index (χ1) is 13.8. The Hall–Kier alpha value is -2.82. The summed E-state index contributed by atoms with van der Waals surface area (Å²) < 4.78 is 5.52. The second kappa shape index (κ2) is 8.68. The van der Waals surface area contributed by atoms with Crippen LogP contribution in [0.5, 0.6) is 5.75 Å². The number of nitrogens with one attached hydrogen (secondary N) is 1. The van der Waals surface area contributed by atoms with E-state index in [1.807, 2.05) is 32.0 Å². The van der Waals surface area contributed by atoms with E-state index in [4.69, 9.17) is 4.74 Å². The van der Waals surface area contributed by atoms with Crippen LogP contribution in [0.25, 0.3) is 0 Å². The molecule has 2 aromatic carbocycles. The van der Waals surface area contributed by atoms with Crippen LogP contribution >= 0.6 is 0 Å². The number of aryl methyl sites for hydroxylation is 1. The van der Waals surface area contributed by atoms with Crippen LogP contribution in [0, 0.1) is 6.92 Å². The molecule has 1 saturated heterocycles. The van der Waals surface area contributed by atoms with Crippen molar-refractivity contribution in [1.82, 2.24) is 5.32 Å². The second-order valence-electron chi connectivity index (χ2n) is 8.00. The van der Waals surface area contributed by atoms with Crippen LogP contribution in [0.3, 0.4) is 0 Å². The van der Waals surface area contributed by atoms with Crippen LogP contribution in [0.15, 0.2) is 36.4 Å². The number of methoxy groups -OCH3 is 1. The quantitative estimate of drug-likeness (QED) is 0.769. The highest BCUT2D eigenvalue weighted by Gasteiger charge is 2.22. The van der Waals surface area contributed by atoms with Crippen molar-refractivity contribution in [2.75, 3.05) is 18.6 Å². The smallest absolute Gasteiger partial charge is 0.251 e. The third-order valence-corrected chi connectivity index (χ3v) is 5.57. The van der Waals surface area contributed by atoms with Gasteiger partial charge in [-0.05, 0) is 79.3 Å². The highest BCUT2D eigenvalue weighted by atomic mass is 16.5. The number of ether oxygens (including phenoxy) is 1. The number of nitrogens with zero attached hydrogens (tertiary/aromatic N) is 1. The number of benzene rings is 2. The van der Waals surface area contributed by atoms with Crippen LogP contribution < -0.4 is 15.0 Å². The molecule has 0 aromatic heterocycles. The molecule has 29 heavy (non-hydrogen) atoms. The van der Waals surface area contributed by atoms with Crippen LogP contribution in [0.4, 0.5) is 5.69 Å². The van der Waals surface area contributed by atoms with E-state index in [1.54, 1.807) is 24.1 Å². The van der Waals surface area contributed by atoms with Crippen molar-refractivity contribution in [2.45, 2.75) is 52.5 Å². The number of carbonyl (C=O) groups excluding carboxylic acids is 2. The van der Waals surface area contributed by atoms with E-state index in [0.29, 0.717) is 17.9 Å². The Kier molecular flexibility index (Phi) is 6.26. The predicted octanol–water partition coefficient (Wildman–Crippen LogP) is 4.74. The fraction of sp³-hybridized carbons (Fsp3) is 0.417. The number of anilines is 1.